The highest BCUT2D eigenvalue weighted by atomic mass is 16.2. The van der Waals surface area contributed by atoms with Gasteiger partial charge in [0, 0.05) is 29.9 Å². The third kappa shape index (κ3) is 3.65. The molecule has 0 spiro atoms. The average molecular weight is 322 g/mol. The first-order valence-corrected chi connectivity index (χ1v) is 8.33. The summed E-state index contributed by atoms with van der Waals surface area (Å²) in [5.74, 6) is 0.0187. The van der Waals surface area contributed by atoms with Crippen molar-refractivity contribution in [2.24, 2.45) is 0 Å². The Morgan fingerprint density at radius 1 is 1.00 bits per heavy atom. The lowest BCUT2D eigenvalue weighted by Gasteiger charge is -2.26. The summed E-state index contributed by atoms with van der Waals surface area (Å²) in [6.07, 6.45) is 2.60. The van der Waals surface area contributed by atoms with Gasteiger partial charge in [-0.1, -0.05) is 6.07 Å². The smallest absolute Gasteiger partial charge is 0.255 e. The monoisotopic (exact) mass is 322 g/mol. The van der Waals surface area contributed by atoms with Crippen LogP contribution in [0, 0.1) is 13.8 Å². The molecule has 1 aliphatic heterocycles. The fourth-order valence-electron chi connectivity index (χ4n) is 3.12. The number of carbonyl (C=O) groups excluding carboxylic acids is 2. The minimum absolute atomic E-state index is 0.142. The van der Waals surface area contributed by atoms with Crippen molar-refractivity contribution in [3.8, 4) is 0 Å². The zero-order valence-corrected chi connectivity index (χ0v) is 14.1. The number of benzene rings is 2. The van der Waals surface area contributed by atoms with E-state index in [-0.39, 0.29) is 11.8 Å². The Kier molecular flexibility index (Phi) is 4.65. The Balaban J connectivity index is 1.72. The molecule has 1 saturated heterocycles. The lowest BCUT2D eigenvalue weighted by Crippen LogP contribution is -2.35. The summed E-state index contributed by atoms with van der Waals surface area (Å²) < 4.78 is 0. The number of anilines is 2. The molecule has 4 heteroatoms. The van der Waals surface area contributed by atoms with Gasteiger partial charge in [0.25, 0.3) is 5.91 Å². The van der Waals surface area contributed by atoms with E-state index in [1.807, 2.05) is 38.1 Å². The summed E-state index contributed by atoms with van der Waals surface area (Å²) >= 11 is 0. The molecular weight excluding hydrogens is 300 g/mol. The van der Waals surface area contributed by atoms with E-state index in [0.29, 0.717) is 12.0 Å². The third-order valence-electron chi connectivity index (χ3n) is 4.24. The summed E-state index contributed by atoms with van der Waals surface area (Å²) in [4.78, 5) is 26.2. The molecule has 0 saturated carbocycles. The van der Waals surface area contributed by atoms with Crippen LogP contribution in [0.15, 0.2) is 42.5 Å². The van der Waals surface area contributed by atoms with Gasteiger partial charge in [-0.3, -0.25) is 9.59 Å². The first kappa shape index (κ1) is 16.2. The molecule has 1 heterocycles. The highest BCUT2D eigenvalue weighted by Gasteiger charge is 2.19. The molecule has 3 rings (SSSR count). The van der Waals surface area contributed by atoms with Crippen molar-refractivity contribution in [3.05, 3.63) is 59.2 Å². The predicted molar refractivity (Wildman–Crippen MR) is 96.5 cm³/mol. The van der Waals surface area contributed by atoms with Gasteiger partial charge in [-0.25, -0.2) is 0 Å². The van der Waals surface area contributed by atoms with Crippen LogP contribution >= 0.6 is 0 Å². The van der Waals surface area contributed by atoms with Crippen molar-refractivity contribution in [1.29, 1.82) is 0 Å². The van der Waals surface area contributed by atoms with Crippen molar-refractivity contribution in [2.75, 3.05) is 16.8 Å². The molecular formula is C20H22N2O2. The maximum Gasteiger partial charge on any atom is 0.255 e. The highest BCUT2D eigenvalue weighted by molar-refractivity contribution is 6.04. The van der Waals surface area contributed by atoms with E-state index < -0.39 is 0 Å². The molecule has 2 aromatic carbocycles. The van der Waals surface area contributed by atoms with Crippen LogP contribution in [0.2, 0.25) is 0 Å². The molecule has 24 heavy (non-hydrogen) atoms. The Morgan fingerprint density at radius 2 is 1.67 bits per heavy atom. The fourth-order valence-corrected chi connectivity index (χ4v) is 3.12. The summed E-state index contributed by atoms with van der Waals surface area (Å²) in [6, 6.07) is 13.2. The summed E-state index contributed by atoms with van der Waals surface area (Å²) in [6.45, 7) is 4.77. The van der Waals surface area contributed by atoms with E-state index in [4.69, 9.17) is 0 Å². The van der Waals surface area contributed by atoms with Crippen LogP contribution in [0.4, 0.5) is 11.4 Å². The fraction of sp³-hybridized carbons (Fsp3) is 0.300. The molecule has 0 radical (unpaired) electrons. The molecule has 0 aliphatic carbocycles. The molecule has 124 valence electrons. The highest BCUT2D eigenvalue weighted by Crippen LogP contribution is 2.22. The third-order valence-corrected chi connectivity index (χ3v) is 4.24. The summed E-state index contributed by atoms with van der Waals surface area (Å²) in [5.41, 5.74) is 4.48. The second-order valence-corrected chi connectivity index (χ2v) is 6.38. The van der Waals surface area contributed by atoms with E-state index in [9.17, 15) is 9.59 Å². The van der Waals surface area contributed by atoms with Gasteiger partial charge in [-0.2, -0.15) is 0 Å². The first-order chi connectivity index (χ1) is 11.5. The summed E-state index contributed by atoms with van der Waals surface area (Å²) in [5, 5.41) is 2.93. The number of hydrogen-bond acceptors (Lipinski definition) is 2. The molecule has 0 unspecified atom stereocenters. The number of amides is 2. The van der Waals surface area contributed by atoms with E-state index in [2.05, 4.69) is 11.4 Å². The summed E-state index contributed by atoms with van der Waals surface area (Å²) in [7, 11) is 0. The number of carbonyl (C=O) groups is 2. The minimum Gasteiger partial charge on any atom is -0.322 e. The molecule has 0 aromatic heterocycles. The van der Waals surface area contributed by atoms with Crippen LogP contribution in [0.1, 0.15) is 40.7 Å². The molecule has 1 N–H and O–H groups in total. The predicted octanol–water partition coefficient (Wildman–Crippen LogP) is 4.07. The van der Waals surface area contributed by atoms with E-state index in [0.717, 1.165) is 41.9 Å². The van der Waals surface area contributed by atoms with Gasteiger partial charge in [0.15, 0.2) is 0 Å². The van der Waals surface area contributed by atoms with Crippen LogP contribution in [0.3, 0.4) is 0 Å². The van der Waals surface area contributed by atoms with Gasteiger partial charge in [0.1, 0.15) is 0 Å². The lowest BCUT2D eigenvalue weighted by molar-refractivity contribution is -0.119. The number of nitrogens with one attached hydrogen (secondary N) is 1. The normalized spacial score (nSPS) is 14.6. The molecule has 2 amide bonds. The Hall–Kier alpha value is -2.62. The molecule has 4 nitrogen and oxygen atoms in total. The van der Waals surface area contributed by atoms with Gasteiger partial charge in [-0.15, -0.1) is 0 Å². The number of hydrogen-bond donors (Lipinski definition) is 1. The maximum absolute atomic E-state index is 12.4. The number of nitrogens with zero attached hydrogens (tertiary/aromatic N) is 1. The zero-order valence-electron chi connectivity index (χ0n) is 14.1. The Bertz CT molecular complexity index is 745. The molecule has 0 atom stereocenters. The van der Waals surface area contributed by atoms with Crippen molar-refractivity contribution in [1.82, 2.24) is 0 Å². The van der Waals surface area contributed by atoms with Gasteiger partial charge in [0.2, 0.25) is 5.91 Å². The lowest BCUT2D eigenvalue weighted by atomic mass is 10.1. The Morgan fingerprint density at radius 3 is 2.29 bits per heavy atom. The quantitative estimate of drug-likeness (QED) is 0.926. The average Bonchev–Trinajstić information content (AvgIpc) is 2.54. The van der Waals surface area contributed by atoms with E-state index in [1.165, 1.54) is 0 Å². The van der Waals surface area contributed by atoms with Gasteiger partial charge < -0.3 is 10.2 Å². The van der Waals surface area contributed by atoms with Gasteiger partial charge >= 0.3 is 0 Å². The molecule has 0 bridgehead atoms. The standard InChI is InChI=1S/C20H22N2O2/c1-14-11-15(2)13-17(12-14)21-20(24)16-6-8-18(9-7-16)22-10-4-3-5-19(22)23/h6-9,11-13H,3-5,10H2,1-2H3,(H,21,24). The number of piperidine rings is 1. The largest absolute Gasteiger partial charge is 0.322 e. The zero-order chi connectivity index (χ0) is 17.1. The Labute approximate surface area is 142 Å². The molecule has 2 aromatic rings. The van der Waals surface area contributed by atoms with Crippen LogP contribution in [0.25, 0.3) is 0 Å². The number of rotatable bonds is 3. The van der Waals surface area contributed by atoms with Crippen LogP contribution in [0.5, 0.6) is 0 Å². The van der Waals surface area contributed by atoms with E-state index >= 15 is 0 Å². The maximum atomic E-state index is 12.4. The SMILES string of the molecule is Cc1cc(C)cc(NC(=O)c2ccc(N3CCCCC3=O)cc2)c1. The van der Waals surface area contributed by atoms with Crippen molar-refractivity contribution < 1.29 is 9.59 Å². The van der Waals surface area contributed by atoms with E-state index in [1.54, 1.807) is 17.0 Å². The second kappa shape index (κ2) is 6.87. The van der Waals surface area contributed by atoms with Crippen LogP contribution in [-0.2, 0) is 4.79 Å². The molecule has 1 aliphatic rings. The number of aryl methyl sites for hydroxylation is 2. The van der Waals surface area contributed by atoms with Crippen molar-refractivity contribution >= 4 is 23.2 Å². The van der Waals surface area contributed by atoms with Crippen molar-refractivity contribution in [2.45, 2.75) is 33.1 Å². The minimum atomic E-state index is -0.142. The second-order valence-electron chi connectivity index (χ2n) is 6.38. The van der Waals surface area contributed by atoms with Crippen molar-refractivity contribution in [3.63, 3.8) is 0 Å². The first-order valence-electron chi connectivity index (χ1n) is 8.33. The van der Waals surface area contributed by atoms with Gasteiger partial charge in [0.05, 0.1) is 0 Å². The van der Waals surface area contributed by atoms with Crippen LogP contribution < -0.4 is 10.2 Å². The molecule has 1 fully saturated rings. The van der Waals surface area contributed by atoms with Gasteiger partial charge in [-0.05, 0) is 74.2 Å². The topological polar surface area (TPSA) is 49.4 Å². The van der Waals surface area contributed by atoms with Crippen LogP contribution in [-0.4, -0.2) is 18.4 Å².